The van der Waals surface area contributed by atoms with Gasteiger partial charge in [-0.15, -0.1) is 0 Å². The van der Waals surface area contributed by atoms with Crippen molar-refractivity contribution in [2.45, 2.75) is 56.4 Å². The molecule has 8 heteroatoms. The molecule has 5 nitrogen and oxygen atoms in total. The molecule has 2 fully saturated rings. The van der Waals surface area contributed by atoms with Gasteiger partial charge in [0.2, 0.25) is 10.0 Å². The molecule has 2 heterocycles. The van der Waals surface area contributed by atoms with Crippen molar-refractivity contribution in [3.63, 3.8) is 0 Å². The second kappa shape index (κ2) is 5.80. The van der Waals surface area contributed by atoms with Crippen molar-refractivity contribution in [2.75, 3.05) is 13.1 Å². The Kier molecular flexibility index (Phi) is 4.31. The van der Waals surface area contributed by atoms with E-state index < -0.39 is 34.5 Å². The van der Waals surface area contributed by atoms with Crippen LogP contribution in [-0.2, 0) is 19.3 Å². The topological polar surface area (TPSA) is 55.8 Å². The summed E-state index contributed by atoms with van der Waals surface area (Å²) in [5.41, 5.74) is -0.139. The monoisotopic (exact) mass is 355 g/mol. The Balaban J connectivity index is 1.80. The fourth-order valence-corrected chi connectivity index (χ4v) is 4.31. The quantitative estimate of drug-likeness (QED) is 0.775. The van der Waals surface area contributed by atoms with Crippen molar-refractivity contribution < 1.29 is 22.1 Å². The highest BCUT2D eigenvalue weighted by Gasteiger charge is 2.51. The molecule has 132 valence electrons. The SMILES string of the molecule is CC1(C)OB(c2ccc(S(=O)(=O)N3CC[C@@H](F)C3)cc2)OC1(C)C. The molecule has 24 heavy (non-hydrogen) atoms. The lowest BCUT2D eigenvalue weighted by Gasteiger charge is -2.32. The number of nitrogens with zero attached hydrogens (tertiary/aromatic N) is 1. The second-order valence-corrected chi connectivity index (χ2v) is 9.34. The van der Waals surface area contributed by atoms with Gasteiger partial charge in [0, 0.05) is 13.1 Å². The Hall–Kier alpha value is -0.955. The number of hydrogen-bond acceptors (Lipinski definition) is 4. The van der Waals surface area contributed by atoms with Gasteiger partial charge in [-0.2, -0.15) is 4.31 Å². The predicted octanol–water partition coefficient (Wildman–Crippen LogP) is 1.72. The van der Waals surface area contributed by atoms with Gasteiger partial charge >= 0.3 is 7.12 Å². The van der Waals surface area contributed by atoms with E-state index in [0.717, 1.165) is 5.46 Å². The minimum Gasteiger partial charge on any atom is -0.399 e. The standard InChI is InChI=1S/C16H23BFNO4S/c1-15(2)16(3,4)23-17(22-15)12-5-7-14(8-6-12)24(20,21)19-10-9-13(18)11-19/h5-8,13H,9-11H2,1-4H3/t13-/m1/s1. The second-order valence-electron chi connectivity index (χ2n) is 7.41. The first-order chi connectivity index (χ1) is 11.0. The van der Waals surface area contributed by atoms with Gasteiger partial charge in [-0.3, -0.25) is 0 Å². The van der Waals surface area contributed by atoms with Crippen molar-refractivity contribution in [3.8, 4) is 0 Å². The van der Waals surface area contributed by atoms with Crippen LogP contribution in [0.25, 0.3) is 0 Å². The molecule has 2 saturated heterocycles. The van der Waals surface area contributed by atoms with Gasteiger partial charge in [0.05, 0.1) is 16.1 Å². The van der Waals surface area contributed by atoms with Crippen LogP contribution in [0.4, 0.5) is 4.39 Å². The molecule has 0 bridgehead atoms. The summed E-state index contributed by atoms with van der Waals surface area (Å²) in [6.07, 6.45) is -0.825. The molecule has 0 aromatic heterocycles. The summed E-state index contributed by atoms with van der Waals surface area (Å²) in [4.78, 5) is 0.164. The first-order valence-electron chi connectivity index (χ1n) is 8.13. The molecule has 0 aliphatic carbocycles. The summed E-state index contributed by atoms with van der Waals surface area (Å²) < 4.78 is 51.4. The molecule has 0 radical (unpaired) electrons. The first kappa shape index (κ1) is 17.9. The maximum Gasteiger partial charge on any atom is 0.494 e. The van der Waals surface area contributed by atoms with E-state index in [1.165, 1.54) is 16.4 Å². The smallest absolute Gasteiger partial charge is 0.399 e. The van der Waals surface area contributed by atoms with Crippen molar-refractivity contribution >= 4 is 22.6 Å². The van der Waals surface area contributed by atoms with Gasteiger partial charge in [0.1, 0.15) is 6.17 Å². The number of halogens is 1. The van der Waals surface area contributed by atoms with Gasteiger partial charge in [-0.25, -0.2) is 12.8 Å². The molecule has 0 saturated carbocycles. The lowest BCUT2D eigenvalue weighted by Crippen LogP contribution is -2.41. The van der Waals surface area contributed by atoms with Crippen LogP contribution in [0.15, 0.2) is 29.2 Å². The molecule has 1 aromatic rings. The third kappa shape index (κ3) is 3.01. The average Bonchev–Trinajstić information content (AvgIpc) is 3.01. The summed E-state index contributed by atoms with van der Waals surface area (Å²) in [6, 6.07) is 6.44. The van der Waals surface area contributed by atoms with Crippen molar-refractivity contribution in [1.29, 1.82) is 0 Å². The number of sulfonamides is 1. The number of alkyl halides is 1. The van der Waals surface area contributed by atoms with Crippen molar-refractivity contribution in [2.24, 2.45) is 0 Å². The molecule has 2 aliphatic rings. The maximum atomic E-state index is 13.3. The molecule has 0 spiro atoms. The minimum atomic E-state index is -3.65. The highest BCUT2D eigenvalue weighted by molar-refractivity contribution is 7.89. The van der Waals surface area contributed by atoms with E-state index in [9.17, 15) is 12.8 Å². The molecule has 0 unspecified atom stereocenters. The highest BCUT2D eigenvalue weighted by Crippen LogP contribution is 2.36. The van der Waals surface area contributed by atoms with Crippen LogP contribution in [0.3, 0.4) is 0 Å². The Labute approximate surface area is 143 Å². The lowest BCUT2D eigenvalue weighted by molar-refractivity contribution is 0.00578. The Morgan fingerprint density at radius 1 is 1.12 bits per heavy atom. The van der Waals surface area contributed by atoms with Gasteiger partial charge in [-0.05, 0) is 51.7 Å². The van der Waals surface area contributed by atoms with Gasteiger partial charge in [-0.1, -0.05) is 12.1 Å². The van der Waals surface area contributed by atoms with Crippen LogP contribution in [0.1, 0.15) is 34.1 Å². The molecule has 1 aromatic carbocycles. The predicted molar refractivity (Wildman–Crippen MR) is 90.4 cm³/mol. The summed E-state index contributed by atoms with van der Waals surface area (Å²) in [7, 11) is -4.18. The lowest BCUT2D eigenvalue weighted by atomic mass is 9.79. The normalized spacial score (nSPS) is 26.9. The third-order valence-electron chi connectivity index (χ3n) is 5.14. The summed E-state index contributed by atoms with van der Waals surface area (Å²) in [6.45, 7) is 8.02. The molecule has 1 atom stereocenters. The summed E-state index contributed by atoms with van der Waals surface area (Å²) in [5.74, 6) is 0. The van der Waals surface area contributed by atoms with E-state index in [-0.39, 0.29) is 24.4 Å². The largest absolute Gasteiger partial charge is 0.494 e. The first-order valence-corrected chi connectivity index (χ1v) is 9.57. The fraction of sp³-hybridized carbons (Fsp3) is 0.625. The Bertz CT molecular complexity index is 704. The van der Waals surface area contributed by atoms with E-state index in [2.05, 4.69) is 0 Å². The number of hydrogen-bond donors (Lipinski definition) is 0. The summed E-state index contributed by atoms with van der Waals surface area (Å²) in [5, 5.41) is 0. The molecular weight excluding hydrogens is 332 g/mol. The van der Waals surface area contributed by atoms with Gasteiger partial charge in [0.15, 0.2) is 0 Å². The molecule has 2 aliphatic heterocycles. The summed E-state index contributed by atoms with van der Waals surface area (Å²) >= 11 is 0. The fourth-order valence-electron chi connectivity index (χ4n) is 2.83. The van der Waals surface area contributed by atoms with E-state index in [4.69, 9.17) is 9.31 Å². The third-order valence-corrected chi connectivity index (χ3v) is 7.02. The molecule has 3 rings (SSSR count). The molecule has 0 amide bonds. The number of benzene rings is 1. The van der Waals surface area contributed by atoms with Crippen LogP contribution in [0.5, 0.6) is 0 Å². The number of rotatable bonds is 3. The van der Waals surface area contributed by atoms with Crippen LogP contribution >= 0.6 is 0 Å². The minimum absolute atomic E-state index is 0.0681. The van der Waals surface area contributed by atoms with Crippen LogP contribution < -0.4 is 5.46 Å². The average molecular weight is 355 g/mol. The Morgan fingerprint density at radius 2 is 1.67 bits per heavy atom. The van der Waals surface area contributed by atoms with Crippen molar-refractivity contribution in [3.05, 3.63) is 24.3 Å². The van der Waals surface area contributed by atoms with Crippen LogP contribution in [-0.4, -0.2) is 50.3 Å². The van der Waals surface area contributed by atoms with Gasteiger partial charge < -0.3 is 9.31 Å². The van der Waals surface area contributed by atoms with Crippen LogP contribution in [0, 0.1) is 0 Å². The molecular formula is C16H23BFNO4S. The highest BCUT2D eigenvalue weighted by atomic mass is 32.2. The van der Waals surface area contributed by atoms with E-state index in [0.29, 0.717) is 0 Å². The molecule has 0 N–H and O–H groups in total. The van der Waals surface area contributed by atoms with E-state index >= 15 is 0 Å². The van der Waals surface area contributed by atoms with E-state index in [1.807, 2.05) is 27.7 Å². The zero-order valence-corrected chi connectivity index (χ0v) is 15.3. The maximum absolute atomic E-state index is 13.3. The Morgan fingerprint density at radius 3 is 2.12 bits per heavy atom. The van der Waals surface area contributed by atoms with Crippen LogP contribution in [0.2, 0.25) is 0 Å². The zero-order valence-electron chi connectivity index (χ0n) is 14.5. The zero-order chi connectivity index (χ0) is 17.8. The van der Waals surface area contributed by atoms with E-state index in [1.54, 1.807) is 12.1 Å². The van der Waals surface area contributed by atoms with Gasteiger partial charge in [0.25, 0.3) is 0 Å². The van der Waals surface area contributed by atoms with Crippen molar-refractivity contribution in [1.82, 2.24) is 4.31 Å².